The van der Waals surface area contributed by atoms with Crippen LogP contribution in [0.25, 0.3) is 32.9 Å². The summed E-state index contributed by atoms with van der Waals surface area (Å²) >= 11 is 0. The van der Waals surface area contributed by atoms with Gasteiger partial charge in [0.05, 0.1) is 34.9 Å². The summed E-state index contributed by atoms with van der Waals surface area (Å²) in [5.41, 5.74) is 5.12. The lowest BCUT2D eigenvalue weighted by Crippen LogP contribution is -2.41. The SMILES string of the molecule is COC[C@H]1C[C@@H](c2nc3ccc4cc5c(cc4c3[nH]2)OCc2cc(B3OC(C)(C)C(C)(C)O3)ccc2-5)N(C(=O)O)C1. The number of fused-ring (bicyclic) bond motifs is 6. The summed E-state index contributed by atoms with van der Waals surface area (Å²) in [7, 11) is 1.22. The number of H-pyrrole nitrogens is 1. The first kappa shape index (κ1) is 26.3. The summed E-state index contributed by atoms with van der Waals surface area (Å²) in [6.07, 6.45) is -0.275. The van der Waals surface area contributed by atoms with E-state index in [4.69, 9.17) is 23.8 Å². The number of rotatable bonds is 4. The van der Waals surface area contributed by atoms with E-state index >= 15 is 0 Å². The Hall–Kier alpha value is -3.60. The molecule has 212 valence electrons. The Kier molecular flexibility index (Phi) is 5.91. The zero-order valence-corrected chi connectivity index (χ0v) is 24.0. The molecule has 1 aromatic heterocycles. The number of aromatic amines is 1. The largest absolute Gasteiger partial charge is 0.494 e. The molecule has 10 heteroatoms. The van der Waals surface area contributed by atoms with Gasteiger partial charge in [-0.05, 0) is 74.3 Å². The number of nitrogens with zero attached hydrogens (tertiary/aromatic N) is 2. The molecule has 3 aliphatic rings. The molecule has 4 aromatic rings. The van der Waals surface area contributed by atoms with Crippen LogP contribution in [0.4, 0.5) is 4.79 Å². The van der Waals surface area contributed by atoms with Crippen molar-refractivity contribution < 1.29 is 28.7 Å². The fourth-order valence-corrected chi connectivity index (χ4v) is 6.37. The van der Waals surface area contributed by atoms with Crippen molar-refractivity contribution >= 4 is 40.5 Å². The monoisotopic (exact) mass is 555 g/mol. The van der Waals surface area contributed by atoms with Crippen molar-refractivity contribution in [1.82, 2.24) is 14.9 Å². The van der Waals surface area contributed by atoms with Crippen molar-refractivity contribution in [2.75, 3.05) is 20.3 Å². The van der Waals surface area contributed by atoms with Gasteiger partial charge < -0.3 is 28.9 Å². The quantitative estimate of drug-likeness (QED) is 0.331. The van der Waals surface area contributed by atoms with Gasteiger partial charge >= 0.3 is 13.2 Å². The molecule has 4 heterocycles. The van der Waals surface area contributed by atoms with E-state index in [1.165, 1.54) is 4.90 Å². The van der Waals surface area contributed by atoms with Crippen LogP contribution in [0.2, 0.25) is 0 Å². The van der Waals surface area contributed by atoms with Crippen LogP contribution in [-0.2, 0) is 20.7 Å². The number of likely N-dealkylation sites (tertiary alicyclic amines) is 1. The van der Waals surface area contributed by atoms with Gasteiger partial charge in [-0.25, -0.2) is 9.78 Å². The summed E-state index contributed by atoms with van der Waals surface area (Å²) in [4.78, 5) is 21.7. The number of nitrogens with one attached hydrogen (secondary N) is 1. The molecule has 41 heavy (non-hydrogen) atoms. The molecule has 3 aliphatic heterocycles. The molecule has 2 N–H and O–H groups in total. The first-order chi connectivity index (χ1) is 19.5. The molecular weight excluding hydrogens is 521 g/mol. The second-order valence-corrected chi connectivity index (χ2v) is 12.5. The Labute approximate surface area is 238 Å². The Balaban J connectivity index is 1.24. The van der Waals surface area contributed by atoms with Gasteiger partial charge in [-0.1, -0.05) is 24.3 Å². The van der Waals surface area contributed by atoms with E-state index in [0.29, 0.717) is 32.0 Å². The first-order valence-electron chi connectivity index (χ1n) is 14.1. The lowest BCUT2D eigenvalue weighted by molar-refractivity contribution is 0.00578. The summed E-state index contributed by atoms with van der Waals surface area (Å²) in [5.74, 6) is 1.61. The maximum absolute atomic E-state index is 12.0. The average molecular weight is 555 g/mol. The number of aromatic nitrogens is 2. The zero-order valence-electron chi connectivity index (χ0n) is 24.0. The minimum absolute atomic E-state index is 0.136. The van der Waals surface area contributed by atoms with Crippen LogP contribution < -0.4 is 10.2 Å². The third kappa shape index (κ3) is 4.19. The highest BCUT2D eigenvalue weighted by molar-refractivity contribution is 6.62. The fourth-order valence-electron chi connectivity index (χ4n) is 6.37. The van der Waals surface area contributed by atoms with Gasteiger partial charge in [-0.2, -0.15) is 0 Å². The third-order valence-electron chi connectivity index (χ3n) is 9.27. The third-order valence-corrected chi connectivity index (χ3v) is 9.27. The number of carboxylic acid groups (broad SMARTS) is 1. The van der Waals surface area contributed by atoms with Crippen LogP contribution in [0.1, 0.15) is 51.5 Å². The Morgan fingerprint density at radius 1 is 1.12 bits per heavy atom. The average Bonchev–Trinajstić information content (AvgIpc) is 3.61. The molecule has 9 nitrogen and oxygen atoms in total. The van der Waals surface area contributed by atoms with Crippen molar-refractivity contribution in [3.63, 3.8) is 0 Å². The first-order valence-corrected chi connectivity index (χ1v) is 14.1. The van der Waals surface area contributed by atoms with Gasteiger partial charge in [-0.3, -0.25) is 4.90 Å². The van der Waals surface area contributed by atoms with Crippen LogP contribution >= 0.6 is 0 Å². The van der Waals surface area contributed by atoms with Crippen LogP contribution in [0.3, 0.4) is 0 Å². The molecule has 2 fully saturated rings. The molecule has 0 radical (unpaired) electrons. The van der Waals surface area contributed by atoms with Crippen LogP contribution in [-0.4, -0.2) is 64.6 Å². The van der Waals surface area contributed by atoms with Crippen LogP contribution in [0.5, 0.6) is 5.75 Å². The molecule has 2 saturated heterocycles. The summed E-state index contributed by atoms with van der Waals surface area (Å²) < 4.78 is 24.1. The summed E-state index contributed by atoms with van der Waals surface area (Å²) in [5, 5.41) is 11.9. The molecule has 3 aromatic carbocycles. The standard InChI is InChI=1S/C31H34BN3O6/c1-30(2)31(3,4)41-32(40-30)20-7-8-21-19(11-20)16-39-26-13-22-18(12-23(21)26)6-9-24-27(22)34-28(33-24)25-10-17(15-38-5)14-35(25)29(36)37/h6-9,11-13,17,25H,10,14-16H2,1-5H3,(H,33,34)(H,36,37)/t17-,25-/m0/s1. The Morgan fingerprint density at radius 3 is 2.63 bits per heavy atom. The van der Waals surface area contributed by atoms with Gasteiger partial charge in [0, 0.05) is 30.5 Å². The van der Waals surface area contributed by atoms with Crippen molar-refractivity contribution in [2.45, 2.75) is 58.0 Å². The number of benzene rings is 3. The Bertz CT molecular complexity index is 1680. The minimum atomic E-state index is -0.943. The maximum atomic E-state index is 12.0. The number of carbonyl (C=O) groups is 1. The minimum Gasteiger partial charge on any atom is -0.488 e. The lowest BCUT2D eigenvalue weighted by Gasteiger charge is -2.32. The number of hydrogen-bond donors (Lipinski definition) is 2. The fraction of sp³-hybridized carbons (Fsp3) is 0.419. The molecule has 7 rings (SSSR count). The van der Waals surface area contributed by atoms with E-state index in [0.717, 1.165) is 49.7 Å². The van der Waals surface area contributed by atoms with Crippen molar-refractivity contribution in [3.8, 4) is 16.9 Å². The topological polar surface area (TPSA) is 106 Å². The second-order valence-electron chi connectivity index (χ2n) is 12.5. The maximum Gasteiger partial charge on any atom is 0.494 e. The molecule has 0 saturated carbocycles. The number of imidazole rings is 1. The zero-order chi connectivity index (χ0) is 28.7. The van der Waals surface area contributed by atoms with Gasteiger partial charge in [0.15, 0.2) is 0 Å². The van der Waals surface area contributed by atoms with E-state index in [1.807, 2.05) is 6.07 Å². The van der Waals surface area contributed by atoms with E-state index in [1.54, 1.807) is 7.11 Å². The van der Waals surface area contributed by atoms with Gasteiger partial charge in [0.2, 0.25) is 0 Å². The number of methoxy groups -OCH3 is 1. The molecular formula is C31H34BN3O6. The predicted molar refractivity (Wildman–Crippen MR) is 157 cm³/mol. The summed E-state index contributed by atoms with van der Waals surface area (Å²) in [6, 6.07) is 14.3. The molecule has 1 amide bonds. The normalized spacial score (nSPS) is 22.7. The Morgan fingerprint density at radius 2 is 1.90 bits per heavy atom. The number of hydrogen-bond acceptors (Lipinski definition) is 6. The lowest BCUT2D eigenvalue weighted by atomic mass is 9.77. The van der Waals surface area contributed by atoms with E-state index in [9.17, 15) is 9.90 Å². The van der Waals surface area contributed by atoms with E-state index < -0.39 is 24.4 Å². The molecule has 0 unspecified atom stereocenters. The van der Waals surface area contributed by atoms with Crippen molar-refractivity contribution in [3.05, 3.63) is 53.9 Å². The van der Waals surface area contributed by atoms with E-state index in [-0.39, 0.29) is 12.0 Å². The predicted octanol–water partition coefficient (Wildman–Crippen LogP) is 5.26. The second kappa shape index (κ2) is 9.21. The highest BCUT2D eigenvalue weighted by atomic mass is 16.7. The van der Waals surface area contributed by atoms with Gasteiger partial charge in [0.1, 0.15) is 18.2 Å². The van der Waals surface area contributed by atoms with Crippen molar-refractivity contribution in [2.24, 2.45) is 5.92 Å². The van der Waals surface area contributed by atoms with Crippen molar-refractivity contribution in [1.29, 1.82) is 0 Å². The highest BCUT2D eigenvalue weighted by Gasteiger charge is 2.51. The number of ether oxygens (including phenoxy) is 2. The van der Waals surface area contributed by atoms with E-state index in [2.05, 4.69) is 69.1 Å². The molecule has 2 atom stereocenters. The molecule has 0 spiro atoms. The molecule has 0 bridgehead atoms. The highest BCUT2D eigenvalue weighted by Crippen LogP contribution is 2.43. The molecule has 0 aliphatic carbocycles. The van der Waals surface area contributed by atoms with Gasteiger partial charge in [-0.15, -0.1) is 0 Å². The van der Waals surface area contributed by atoms with Crippen LogP contribution in [0, 0.1) is 5.92 Å². The number of amides is 1. The van der Waals surface area contributed by atoms with Crippen LogP contribution in [0.15, 0.2) is 42.5 Å². The summed E-state index contributed by atoms with van der Waals surface area (Å²) in [6.45, 7) is 9.64. The smallest absolute Gasteiger partial charge is 0.488 e. The van der Waals surface area contributed by atoms with Gasteiger partial charge in [0.25, 0.3) is 0 Å².